The molecular formula is C13H22O2. The van der Waals surface area contributed by atoms with Gasteiger partial charge in [0.05, 0.1) is 0 Å². The Morgan fingerprint density at radius 1 is 0.933 bits per heavy atom. The highest BCUT2D eigenvalue weighted by Gasteiger charge is 2.30. The van der Waals surface area contributed by atoms with E-state index in [0.717, 1.165) is 44.8 Å². The molecule has 1 saturated heterocycles. The van der Waals surface area contributed by atoms with E-state index in [-0.39, 0.29) is 0 Å². The van der Waals surface area contributed by atoms with E-state index in [1.54, 1.807) is 0 Å². The molecule has 0 unspecified atom stereocenters. The van der Waals surface area contributed by atoms with Gasteiger partial charge in [0, 0.05) is 25.0 Å². The first-order valence-electron chi connectivity index (χ1n) is 6.39. The van der Waals surface area contributed by atoms with E-state index in [0.29, 0.717) is 17.6 Å². The summed E-state index contributed by atoms with van der Waals surface area (Å²) in [6.07, 6.45) is 6.70. The minimum Gasteiger partial charge on any atom is -0.381 e. The van der Waals surface area contributed by atoms with Crippen LogP contribution >= 0.6 is 0 Å². The summed E-state index contributed by atoms with van der Waals surface area (Å²) in [5.41, 5.74) is 0. The fourth-order valence-corrected chi connectivity index (χ4v) is 2.86. The molecule has 1 aliphatic carbocycles. The van der Waals surface area contributed by atoms with E-state index < -0.39 is 0 Å². The van der Waals surface area contributed by atoms with E-state index in [2.05, 4.69) is 6.92 Å². The first-order chi connectivity index (χ1) is 7.27. The minimum atomic E-state index is 0.317. The first-order valence-corrected chi connectivity index (χ1v) is 6.39. The van der Waals surface area contributed by atoms with Gasteiger partial charge in [0.25, 0.3) is 0 Å². The van der Waals surface area contributed by atoms with Gasteiger partial charge in [-0.2, -0.15) is 0 Å². The van der Waals surface area contributed by atoms with Crippen molar-refractivity contribution in [3.05, 3.63) is 0 Å². The predicted molar refractivity (Wildman–Crippen MR) is 59.7 cm³/mol. The monoisotopic (exact) mass is 210 g/mol. The highest BCUT2D eigenvalue weighted by atomic mass is 16.5. The third-order valence-corrected chi connectivity index (χ3v) is 4.04. The average molecular weight is 210 g/mol. The lowest BCUT2D eigenvalue weighted by atomic mass is 9.76. The zero-order valence-electron chi connectivity index (χ0n) is 9.71. The third kappa shape index (κ3) is 2.81. The van der Waals surface area contributed by atoms with Crippen LogP contribution in [0.1, 0.15) is 45.4 Å². The summed E-state index contributed by atoms with van der Waals surface area (Å²) in [6.45, 7) is 3.88. The van der Waals surface area contributed by atoms with Crippen molar-refractivity contribution in [1.82, 2.24) is 0 Å². The quantitative estimate of drug-likeness (QED) is 0.700. The molecule has 0 aromatic carbocycles. The number of carbonyl (C=O) groups excluding carboxylic acids is 1. The number of Topliss-reactive ketones (excluding diaryl/α,β-unsaturated/α-hetero) is 1. The molecule has 1 aliphatic heterocycles. The van der Waals surface area contributed by atoms with Gasteiger partial charge in [0.15, 0.2) is 0 Å². The van der Waals surface area contributed by atoms with Crippen molar-refractivity contribution in [2.24, 2.45) is 17.8 Å². The van der Waals surface area contributed by atoms with E-state index in [4.69, 9.17) is 4.74 Å². The Morgan fingerprint density at radius 3 is 2.07 bits per heavy atom. The van der Waals surface area contributed by atoms with Gasteiger partial charge in [0.2, 0.25) is 0 Å². The van der Waals surface area contributed by atoms with Gasteiger partial charge in [0.1, 0.15) is 5.78 Å². The maximum absolute atomic E-state index is 12.2. The molecule has 2 aliphatic rings. The molecule has 0 aromatic rings. The van der Waals surface area contributed by atoms with Gasteiger partial charge in [-0.3, -0.25) is 4.79 Å². The van der Waals surface area contributed by atoms with Gasteiger partial charge < -0.3 is 4.74 Å². The molecule has 1 saturated carbocycles. The molecule has 0 amide bonds. The SMILES string of the molecule is CC1CCC(C(=O)C2CCOCC2)CC1. The van der Waals surface area contributed by atoms with Crippen LogP contribution in [0.15, 0.2) is 0 Å². The Hall–Kier alpha value is -0.370. The molecule has 2 fully saturated rings. The number of ketones is 1. The topological polar surface area (TPSA) is 26.3 Å². The maximum atomic E-state index is 12.2. The van der Waals surface area contributed by atoms with Crippen LogP contribution in [0.2, 0.25) is 0 Å². The summed E-state index contributed by atoms with van der Waals surface area (Å²) in [4.78, 5) is 12.2. The molecule has 0 N–H and O–H groups in total. The van der Waals surface area contributed by atoms with Crippen molar-refractivity contribution in [1.29, 1.82) is 0 Å². The molecule has 2 heteroatoms. The summed E-state index contributed by atoms with van der Waals surface area (Å²) in [5.74, 6) is 2.08. The van der Waals surface area contributed by atoms with Gasteiger partial charge in [-0.05, 0) is 31.6 Å². The van der Waals surface area contributed by atoms with E-state index in [1.807, 2.05) is 0 Å². The van der Waals surface area contributed by atoms with Crippen LogP contribution in [0, 0.1) is 17.8 Å². The standard InChI is InChI=1S/C13H22O2/c1-10-2-4-11(5-3-10)13(14)12-6-8-15-9-7-12/h10-12H,2-9H2,1H3. The van der Waals surface area contributed by atoms with E-state index in [9.17, 15) is 4.79 Å². The first kappa shape index (κ1) is 11.1. The molecule has 0 radical (unpaired) electrons. The van der Waals surface area contributed by atoms with Crippen molar-refractivity contribution in [2.75, 3.05) is 13.2 Å². The normalized spacial score (nSPS) is 33.9. The van der Waals surface area contributed by atoms with Crippen molar-refractivity contribution < 1.29 is 9.53 Å². The molecule has 2 nitrogen and oxygen atoms in total. The zero-order valence-corrected chi connectivity index (χ0v) is 9.71. The highest BCUT2D eigenvalue weighted by Crippen LogP contribution is 2.32. The molecule has 0 aromatic heterocycles. The van der Waals surface area contributed by atoms with Gasteiger partial charge in [-0.15, -0.1) is 0 Å². The Bertz CT molecular complexity index is 211. The summed E-state index contributed by atoms with van der Waals surface area (Å²) < 4.78 is 5.30. The Morgan fingerprint density at radius 2 is 1.47 bits per heavy atom. The summed E-state index contributed by atoms with van der Waals surface area (Å²) in [5, 5.41) is 0. The summed E-state index contributed by atoms with van der Waals surface area (Å²) in [6, 6.07) is 0. The van der Waals surface area contributed by atoms with Crippen molar-refractivity contribution in [2.45, 2.75) is 45.4 Å². The van der Waals surface area contributed by atoms with E-state index in [1.165, 1.54) is 12.8 Å². The zero-order chi connectivity index (χ0) is 10.7. The minimum absolute atomic E-state index is 0.317. The molecule has 2 rings (SSSR count). The lowest BCUT2D eigenvalue weighted by Gasteiger charge is -2.29. The Kier molecular flexibility index (Phi) is 3.79. The smallest absolute Gasteiger partial charge is 0.139 e. The summed E-state index contributed by atoms with van der Waals surface area (Å²) >= 11 is 0. The van der Waals surface area contributed by atoms with Crippen LogP contribution in [0.25, 0.3) is 0 Å². The number of hydrogen-bond acceptors (Lipinski definition) is 2. The van der Waals surface area contributed by atoms with Crippen molar-refractivity contribution >= 4 is 5.78 Å². The molecule has 15 heavy (non-hydrogen) atoms. The van der Waals surface area contributed by atoms with Gasteiger partial charge in [-0.25, -0.2) is 0 Å². The second-order valence-electron chi connectivity index (χ2n) is 5.25. The van der Waals surface area contributed by atoms with Crippen LogP contribution in [0.4, 0.5) is 0 Å². The number of rotatable bonds is 2. The Labute approximate surface area is 92.4 Å². The molecule has 1 heterocycles. The maximum Gasteiger partial charge on any atom is 0.139 e. The van der Waals surface area contributed by atoms with Crippen LogP contribution in [-0.2, 0) is 9.53 Å². The predicted octanol–water partition coefficient (Wildman–Crippen LogP) is 2.81. The van der Waals surface area contributed by atoms with E-state index >= 15 is 0 Å². The van der Waals surface area contributed by atoms with Crippen LogP contribution in [-0.4, -0.2) is 19.0 Å². The molecular weight excluding hydrogens is 188 g/mol. The molecule has 86 valence electrons. The highest BCUT2D eigenvalue weighted by molar-refractivity contribution is 5.83. The number of ether oxygens (including phenoxy) is 1. The molecule has 0 atom stereocenters. The van der Waals surface area contributed by atoms with Gasteiger partial charge >= 0.3 is 0 Å². The average Bonchev–Trinajstić information content (AvgIpc) is 2.30. The molecule has 0 bridgehead atoms. The van der Waals surface area contributed by atoms with Crippen molar-refractivity contribution in [3.63, 3.8) is 0 Å². The third-order valence-electron chi connectivity index (χ3n) is 4.04. The fraction of sp³-hybridized carbons (Fsp3) is 0.923. The van der Waals surface area contributed by atoms with Crippen LogP contribution in [0.3, 0.4) is 0 Å². The number of hydrogen-bond donors (Lipinski definition) is 0. The lowest BCUT2D eigenvalue weighted by molar-refractivity contribution is -0.130. The van der Waals surface area contributed by atoms with Crippen molar-refractivity contribution in [3.8, 4) is 0 Å². The van der Waals surface area contributed by atoms with Gasteiger partial charge in [-0.1, -0.05) is 19.8 Å². The second kappa shape index (κ2) is 5.11. The van der Waals surface area contributed by atoms with Crippen LogP contribution < -0.4 is 0 Å². The Balaban J connectivity index is 1.84. The second-order valence-corrected chi connectivity index (χ2v) is 5.25. The molecule has 0 spiro atoms. The largest absolute Gasteiger partial charge is 0.381 e. The summed E-state index contributed by atoms with van der Waals surface area (Å²) in [7, 11) is 0. The number of carbonyl (C=O) groups is 1. The fourth-order valence-electron chi connectivity index (χ4n) is 2.86. The lowest BCUT2D eigenvalue weighted by Crippen LogP contribution is -2.31. The van der Waals surface area contributed by atoms with Crippen LogP contribution in [0.5, 0.6) is 0 Å².